The van der Waals surface area contributed by atoms with E-state index in [1.807, 2.05) is 41.1 Å². The van der Waals surface area contributed by atoms with Crippen LogP contribution in [0.25, 0.3) is 0 Å². The molecule has 0 fully saturated rings. The minimum Gasteiger partial charge on any atom is -0.476 e. The summed E-state index contributed by atoms with van der Waals surface area (Å²) >= 11 is 0. The molecule has 0 spiro atoms. The first kappa shape index (κ1) is 16.1. The van der Waals surface area contributed by atoms with Gasteiger partial charge in [0.05, 0.1) is 13.1 Å². The average Bonchev–Trinajstić information content (AvgIpc) is 3.26. The van der Waals surface area contributed by atoms with Crippen LogP contribution in [0.15, 0.2) is 48.8 Å². The summed E-state index contributed by atoms with van der Waals surface area (Å²) in [5, 5.41) is 13.0. The molecule has 8 nitrogen and oxygen atoms in total. The second-order valence-corrected chi connectivity index (χ2v) is 6.13. The van der Waals surface area contributed by atoms with Crippen molar-refractivity contribution >= 4 is 11.9 Å². The van der Waals surface area contributed by atoms with Crippen LogP contribution >= 0.6 is 0 Å². The van der Waals surface area contributed by atoms with E-state index in [4.69, 9.17) is 5.11 Å². The van der Waals surface area contributed by atoms with Crippen molar-refractivity contribution in [3.05, 3.63) is 71.6 Å². The summed E-state index contributed by atoms with van der Waals surface area (Å²) in [7, 11) is 0. The van der Waals surface area contributed by atoms with Gasteiger partial charge in [0.1, 0.15) is 11.5 Å². The summed E-state index contributed by atoms with van der Waals surface area (Å²) in [5.74, 6) is -0.580. The molecule has 0 saturated carbocycles. The minimum atomic E-state index is -1.13. The van der Waals surface area contributed by atoms with Gasteiger partial charge in [-0.1, -0.05) is 30.3 Å². The maximum Gasteiger partial charge on any atom is 0.356 e. The summed E-state index contributed by atoms with van der Waals surface area (Å²) in [5.41, 5.74) is 1.34. The Kier molecular flexibility index (Phi) is 4.00. The molecule has 3 heterocycles. The first-order chi connectivity index (χ1) is 12.6. The summed E-state index contributed by atoms with van der Waals surface area (Å²) in [6, 6.07) is 11.4. The Morgan fingerprint density at radius 3 is 2.73 bits per heavy atom. The summed E-state index contributed by atoms with van der Waals surface area (Å²) in [6.07, 6.45) is 3.61. The highest BCUT2D eigenvalue weighted by Crippen LogP contribution is 2.17. The van der Waals surface area contributed by atoms with E-state index in [0.29, 0.717) is 31.9 Å². The minimum absolute atomic E-state index is 0.110. The van der Waals surface area contributed by atoms with Gasteiger partial charge in [0, 0.05) is 31.5 Å². The Hall–Kier alpha value is -3.42. The maximum absolute atomic E-state index is 12.7. The van der Waals surface area contributed by atoms with E-state index in [-0.39, 0.29) is 11.6 Å². The smallest absolute Gasteiger partial charge is 0.356 e. The van der Waals surface area contributed by atoms with Gasteiger partial charge in [-0.3, -0.25) is 9.48 Å². The monoisotopic (exact) mass is 351 g/mol. The molecule has 1 amide bonds. The third-order valence-electron chi connectivity index (χ3n) is 4.42. The van der Waals surface area contributed by atoms with E-state index in [0.717, 1.165) is 11.4 Å². The Bertz CT molecular complexity index is 960. The molecule has 26 heavy (non-hydrogen) atoms. The van der Waals surface area contributed by atoms with Crippen molar-refractivity contribution in [2.24, 2.45) is 0 Å². The summed E-state index contributed by atoms with van der Waals surface area (Å²) in [4.78, 5) is 29.8. The quantitative estimate of drug-likeness (QED) is 0.751. The molecule has 0 saturated heterocycles. The van der Waals surface area contributed by atoms with E-state index in [1.165, 1.54) is 10.7 Å². The van der Waals surface area contributed by atoms with E-state index < -0.39 is 5.97 Å². The molecule has 8 heteroatoms. The number of hydrogen-bond acceptors (Lipinski definition) is 4. The molecule has 0 bridgehead atoms. The fraction of sp³-hybridized carbons (Fsp3) is 0.222. The molecule has 0 atom stereocenters. The molecule has 1 aliphatic rings. The number of aromatic carboxylic acids is 1. The molecule has 0 radical (unpaired) electrons. The Morgan fingerprint density at radius 2 is 1.96 bits per heavy atom. The summed E-state index contributed by atoms with van der Waals surface area (Å²) in [6.45, 7) is 1.98. The number of nitrogens with zero attached hydrogens (tertiary/aromatic N) is 5. The standard InChI is InChI=1S/C18H17N5O3/c24-17-15-10-14(18(25)26)20-23(15)9-8-22(17)12-16-19-6-7-21(16)11-13-4-2-1-3-5-13/h1-7,10H,8-9,11-12H2,(H,25,26). The maximum atomic E-state index is 12.7. The van der Waals surface area contributed by atoms with Crippen molar-refractivity contribution in [1.82, 2.24) is 24.2 Å². The van der Waals surface area contributed by atoms with Crippen molar-refractivity contribution in [3.8, 4) is 0 Å². The van der Waals surface area contributed by atoms with Crippen LogP contribution in [0.3, 0.4) is 0 Å². The van der Waals surface area contributed by atoms with E-state index in [9.17, 15) is 9.59 Å². The van der Waals surface area contributed by atoms with Crippen molar-refractivity contribution in [3.63, 3.8) is 0 Å². The van der Waals surface area contributed by atoms with Crippen LogP contribution in [-0.4, -0.2) is 47.8 Å². The number of fused-ring (bicyclic) bond motifs is 1. The highest BCUT2D eigenvalue weighted by molar-refractivity contribution is 5.96. The SMILES string of the molecule is O=C(O)c1cc2n(n1)CCN(Cc1nccn1Cc1ccccc1)C2=O. The number of imidazole rings is 1. The van der Waals surface area contributed by atoms with Gasteiger partial charge in [-0.2, -0.15) is 5.10 Å². The van der Waals surface area contributed by atoms with Crippen molar-refractivity contribution < 1.29 is 14.7 Å². The van der Waals surface area contributed by atoms with Crippen LogP contribution in [0.5, 0.6) is 0 Å². The van der Waals surface area contributed by atoms with E-state index >= 15 is 0 Å². The first-order valence-electron chi connectivity index (χ1n) is 8.26. The third-order valence-corrected chi connectivity index (χ3v) is 4.42. The van der Waals surface area contributed by atoms with E-state index in [2.05, 4.69) is 10.1 Å². The van der Waals surface area contributed by atoms with Gasteiger partial charge in [-0.15, -0.1) is 0 Å². The fourth-order valence-corrected chi connectivity index (χ4v) is 3.08. The van der Waals surface area contributed by atoms with Gasteiger partial charge in [0.25, 0.3) is 5.91 Å². The molecule has 3 aromatic rings. The highest BCUT2D eigenvalue weighted by Gasteiger charge is 2.28. The number of rotatable bonds is 5. The lowest BCUT2D eigenvalue weighted by atomic mass is 10.2. The zero-order valence-corrected chi connectivity index (χ0v) is 13.9. The molecule has 0 unspecified atom stereocenters. The number of hydrogen-bond donors (Lipinski definition) is 1. The van der Waals surface area contributed by atoms with Gasteiger partial charge >= 0.3 is 5.97 Å². The Morgan fingerprint density at radius 1 is 1.15 bits per heavy atom. The molecule has 1 aromatic carbocycles. The van der Waals surface area contributed by atoms with Crippen molar-refractivity contribution in [2.75, 3.05) is 6.54 Å². The van der Waals surface area contributed by atoms with Crippen LogP contribution in [0.4, 0.5) is 0 Å². The van der Waals surface area contributed by atoms with Crippen molar-refractivity contribution in [1.29, 1.82) is 0 Å². The number of carbonyl (C=O) groups excluding carboxylic acids is 1. The number of aromatic nitrogens is 4. The second kappa shape index (κ2) is 6.47. The molecule has 132 valence electrons. The zero-order chi connectivity index (χ0) is 18.1. The normalized spacial score (nSPS) is 13.7. The van der Waals surface area contributed by atoms with E-state index in [1.54, 1.807) is 11.1 Å². The molecule has 4 rings (SSSR count). The van der Waals surface area contributed by atoms with Crippen LogP contribution in [0.2, 0.25) is 0 Å². The number of benzene rings is 1. The van der Waals surface area contributed by atoms with Crippen molar-refractivity contribution in [2.45, 2.75) is 19.6 Å². The average molecular weight is 351 g/mol. The fourth-order valence-electron chi connectivity index (χ4n) is 3.08. The number of carboxylic acid groups (broad SMARTS) is 1. The molecule has 0 aliphatic carbocycles. The lowest BCUT2D eigenvalue weighted by Gasteiger charge is -2.27. The predicted molar refractivity (Wildman–Crippen MR) is 91.7 cm³/mol. The number of amides is 1. The topological polar surface area (TPSA) is 93.2 Å². The van der Waals surface area contributed by atoms with Crippen LogP contribution < -0.4 is 0 Å². The number of carbonyl (C=O) groups is 2. The number of carboxylic acids is 1. The molecule has 1 aliphatic heterocycles. The zero-order valence-electron chi connectivity index (χ0n) is 13.9. The Balaban J connectivity index is 1.52. The Labute approximate surface area is 149 Å². The predicted octanol–water partition coefficient (Wildman–Crippen LogP) is 1.48. The van der Waals surface area contributed by atoms with Gasteiger partial charge in [-0.05, 0) is 5.56 Å². The van der Waals surface area contributed by atoms with Gasteiger partial charge in [0.2, 0.25) is 0 Å². The molecule has 2 aromatic heterocycles. The van der Waals surface area contributed by atoms with Gasteiger partial charge in [-0.25, -0.2) is 9.78 Å². The largest absolute Gasteiger partial charge is 0.476 e. The van der Waals surface area contributed by atoms with Crippen LogP contribution in [0, 0.1) is 0 Å². The van der Waals surface area contributed by atoms with Gasteiger partial charge < -0.3 is 14.6 Å². The molecular weight excluding hydrogens is 334 g/mol. The lowest BCUT2D eigenvalue weighted by molar-refractivity contribution is 0.0666. The molecule has 1 N–H and O–H groups in total. The second-order valence-electron chi connectivity index (χ2n) is 6.13. The lowest BCUT2D eigenvalue weighted by Crippen LogP contribution is -2.40. The van der Waals surface area contributed by atoms with Crippen LogP contribution in [0.1, 0.15) is 32.4 Å². The summed E-state index contributed by atoms with van der Waals surface area (Å²) < 4.78 is 3.47. The first-order valence-corrected chi connectivity index (χ1v) is 8.26. The third kappa shape index (κ3) is 2.97. The highest BCUT2D eigenvalue weighted by atomic mass is 16.4. The van der Waals surface area contributed by atoms with Crippen LogP contribution in [-0.2, 0) is 19.6 Å². The molecular formula is C18H17N5O3. The van der Waals surface area contributed by atoms with Gasteiger partial charge in [0.15, 0.2) is 5.69 Å².